The molecule has 0 radical (unpaired) electrons. The van der Waals surface area contributed by atoms with E-state index in [1.54, 1.807) is 0 Å². The van der Waals surface area contributed by atoms with E-state index in [-0.39, 0.29) is 25.5 Å². The smallest absolute Gasteiger partial charge is 0.410 e. The highest BCUT2D eigenvalue weighted by molar-refractivity contribution is 5.95. The van der Waals surface area contributed by atoms with E-state index in [2.05, 4.69) is 16.6 Å². The van der Waals surface area contributed by atoms with Crippen molar-refractivity contribution in [3.63, 3.8) is 0 Å². The van der Waals surface area contributed by atoms with Crippen molar-refractivity contribution in [2.24, 2.45) is 0 Å². The standard InChI is InChI=1S/C13H18N2O6/c1-3-4-21-13(19)15-6-9(5-10(17)7-15)14-11(8-16)12(18)20-2/h3,5,11,14,16H,1,4,6-8H2,2H3/t11-/m0/s1. The Morgan fingerprint density at radius 1 is 1.57 bits per heavy atom. The average Bonchev–Trinajstić information content (AvgIpc) is 2.48. The van der Waals surface area contributed by atoms with Gasteiger partial charge in [-0.3, -0.25) is 9.69 Å². The van der Waals surface area contributed by atoms with E-state index >= 15 is 0 Å². The number of hydrogen-bond acceptors (Lipinski definition) is 7. The minimum Gasteiger partial charge on any atom is -0.467 e. The van der Waals surface area contributed by atoms with Crippen LogP contribution in [0.2, 0.25) is 0 Å². The predicted molar refractivity (Wildman–Crippen MR) is 72.2 cm³/mol. The summed E-state index contributed by atoms with van der Waals surface area (Å²) in [5, 5.41) is 11.8. The Morgan fingerprint density at radius 3 is 2.86 bits per heavy atom. The monoisotopic (exact) mass is 298 g/mol. The van der Waals surface area contributed by atoms with Crippen molar-refractivity contribution in [2.45, 2.75) is 6.04 Å². The maximum absolute atomic E-state index is 11.7. The predicted octanol–water partition coefficient (Wildman–Crippen LogP) is -0.799. The molecule has 0 spiro atoms. The molecule has 1 rings (SSSR count). The molecule has 0 aromatic rings. The number of ether oxygens (including phenoxy) is 2. The minimum atomic E-state index is -1.00. The molecule has 21 heavy (non-hydrogen) atoms. The SMILES string of the molecule is C=CCOC(=O)N1CC(=O)C=C(N[C@@H](CO)C(=O)OC)C1. The van der Waals surface area contributed by atoms with Gasteiger partial charge in [-0.1, -0.05) is 12.7 Å². The van der Waals surface area contributed by atoms with Gasteiger partial charge < -0.3 is 19.9 Å². The van der Waals surface area contributed by atoms with E-state index < -0.39 is 24.7 Å². The number of ketones is 1. The van der Waals surface area contributed by atoms with Gasteiger partial charge in [-0.15, -0.1) is 0 Å². The second-order valence-electron chi connectivity index (χ2n) is 4.26. The van der Waals surface area contributed by atoms with Gasteiger partial charge in [0.2, 0.25) is 0 Å². The minimum absolute atomic E-state index is 0.0391. The van der Waals surface area contributed by atoms with Crippen LogP contribution in [0.25, 0.3) is 0 Å². The molecule has 2 N–H and O–H groups in total. The largest absolute Gasteiger partial charge is 0.467 e. The molecule has 1 atom stereocenters. The molecule has 0 aromatic carbocycles. The number of carbonyl (C=O) groups excluding carboxylic acids is 3. The highest BCUT2D eigenvalue weighted by Crippen LogP contribution is 2.08. The number of methoxy groups -OCH3 is 1. The summed E-state index contributed by atoms with van der Waals surface area (Å²) in [6, 6.07) is -1.00. The number of rotatable bonds is 6. The molecule has 1 heterocycles. The Bertz CT molecular complexity index is 460. The molecule has 0 aliphatic carbocycles. The molecule has 8 heteroatoms. The van der Waals surface area contributed by atoms with Crippen LogP contribution in [0.15, 0.2) is 24.4 Å². The molecule has 0 saturated heterocycles. The van der Waals surface area contributed by atoms with Crippen LogP contribution in [0.5, 0.6) is 0 Å². The molecule has 116 valence electrons. The van der Waals surface area contributed by atoms with Crippen LogP contribution >= 0.6 is 0 Å². The fraction of sp³-hybridized carbons (Fsp3) is 0.462. The Kier molecular flexibility index (Phi) is 6.41. The molecule has 1 aliphatic rings. The summed E-state index contributed by atoms with van der Waals surface area (Å²) in [6.45, 7) is 2.92. The molecular formula is C13H18N2O6. The first-order chi connectivity index (χ1) is 10.0. The van der Waals surface area contributed by atoms with Crippen LogP contribution in [-0.4, -0.2) is 67.3 Å². The topological polar surface area (TPSA) is 105 Å². The van der Waals surface area contributed by atoms with Crippen LogP contribution in [0.3, 0.4) is 0 Å². The molecule has 0 aromatic heterocycles. The average molecular weight is 298 g/mol. The Balaban J connectivity index is 2.70. The third-order valence-corrected chi connectivity index (χ3v) is 2.65. The number of esters is 1. The zero-order chi connectivity index (χ0) is 15.8. The second kappa shape index (κ2) is 8.05. The summed E-state index contributed by atoms with van der Waals surface area (Å²) in [5.41, 5.74) is 0.325. The van der Waals surface area contributed by atoms with Crippen molar-refractivity contribution in [1.29, 1.82) is 0 Å². The number of nitrogens with zero attached hydrogens (tertiary/aromatic N) is 1. The second-order valence-corrected chi connectivity index (χ2v) is 4.26. The maximum Gasteiger partial charge on any atom is 0.410 e. The summed E-state index contributed by atoms with van der Waals surface area (Å²) in [5.74, 6) is -0.988. The number of amides is 1. The lowest BCUT2D eigenvalue weighted by molar-refractivity contribution is -0.144. The summed E-state index contributed by atoms with van der Waals surface area (Å²) < 4.78 is 9.36. The highest BCUT2D eigenvalue weighted by Gasteiger charge is 2.26. The maximum atomic E-state index is 11.7. The van der Waals surface area contributed by atoms with Gasteiger partial charge in [0.15, 0.2) is 5.78 Å². The van der Waals surface area contributed by atoms with Crippen LogP contribution in [0.4, 0.5) is 4.79 Å². The van der Waals surface area contributed by atoms with Gasteiger partial charge in [0.25, 0.3) is 0 Å². The fourth-order valence-electron chi connectivity index (χ4n) is 1.72. The first kappa shape index (κ1) is 16.7. The molecule has 0 fully saturated rings. The summed E-state index contributed by atoms with van der Waals surface area (Å²) in [4.78, 5) is 35.9. The van der Waals surface area contributed by atoms with E-state index in [0.29, 0.717) is 5.70 Å². The van der Waals surface area contributed by atoms with Crippen LogP contribution in [-0.2, 0) is 19.1 Å². The van der Waals surface area contributed by atoms with Crippen molar-refractivity contribution in [2.75, 3.05) is 33.4 Å². The normalized spacial score (nSPS) is 15.8. The van der Waals surface area contributed by atoms with Crippen molar-refractivity contribution in [1.82, 2.24) is 10.2 Å². The molecule has 1 aliphatic heterocycles. The Morgan fingerprint density at radius 2 is 2.29 bits per heavy atom. The lowest BCUT2D eigenvalue weighted by atomic mass is 10.2. The van der Waals surface area contributed by atoms with E-state index in [1.807, 2.05) is 0 Å². The quantitative estimate of drug-likeness (QED) is 0.488. The number of aliphatic hydroxyl groups is 1. The van der Waals surface area contributed by atoms with Crippen molar-refractivity contribution >= 4 is 17.8 Å². The Hall–Kier alpha value is -2.35. The zero-order valence-electron chi connectivity index (χ0n) is 11.7. The number of nitrogens with one attached hydrogen (secondary N) is 1. The lowest BCUT2D eigenvalue weighted by Gasteiger charge is -2.27. The summed E-state index contributed by atoms with van der Waals surface area (Å²) >= 11 is 0. The van der Waals surface area contributed by atoms with Gasteiger partial charge in [0.1, 0.15) is 12.6 Å². The van der Waals surface area contributed by atoms with E-state index in [4.69, 9.17) is 9.84 Å². The van der Waals surface area contributed by atoms with Gasteiger partial charge in [-0.2, -0.15) is 0 Å². The molecular weight excluding hydrogens is 280 g/mol. The molecule has 0 unspecified atom stereocenters. The summed E-state index contributed by atoms with van der Waals surface area (Å²) in [7, 11) is 1.19. The first-order valence-corrected chi connectivity index (χ1v) is 6.23. The van der Waals surface area contributed by atoms with Gasteiger partial charge >= 0.3 is 12.1 Å². The van der Waals surface area contributed by atoms with E-state index in [9.17, 15) is 14.4 Å². The molecule has 0 saturated carbocycles. The summed E-state index contributed by atoms with van der Waals surface area (Å²) in [6.07, 6.45) is 2.04. The molecule has 1 amide bonds. The zero-order valence-corrected chi connectivity index (χ0v) is 11.7. The molecule has 8 nitrogen and oxygen atoms in total. The van der Waals surface area contributed by atoms with Crippen molar-refractivity contribution < 1.29 is 29.0 Å². The van der Waals surface area contributed by atoms with Gasteiger partial charge in [-0.25, -0.2) is 9.59 Å². The number of hydrogen-bond donors (Lipinski definition) is 2. The number of aliphatic hydroxyl groups excluding tert-OH is 1. The van der Waals surface area contributed by atoms with E-state index in [1.165, 1.54) is 24.2 Å². The lowest BCUT2D eigenvalue weighted by Crippen LogP contribution is -2.47. The van der Waals surface area contributed by atoms with E-state index in [0.717, 1.165) is 0 Å². The van der Waals surface area contributed by atoms with Crippen LogP contribution < -0.4 is 5.32 Å². The first-order valence-electron chi connectivity index (χ1n) is 6.23. The van der Waals surface area contributed by atoms with Crippen molar-refractivity contribution in [3.05, 3.63) is 24.4 Å². The van der Waals surface area contributed by atoms with Crippen LogP contribution in [0.1, 0.15) is 0 Å². The van der Waals surface area contributed by atoms with Gasteiger partial charge in [-0.05, 0) is 0 Å². The molecule has 0 bridgehead atoms. The number of carbonyl (C=O) groups is 3. The fourth-order valence-corrected chi connectivity index (χ4v) is 1.72. The van der Waals surface area contributed by atoms with Gasteiger partial charge in [0.05, 0.1) is 26.8 Å². The third kappa shape index (κ3) is 4.92. The van der Waals surface area contributed by atoms with Gasteiger partial charge in [0, 0.05) is 11.8 Å². The van der Waals surface area contributed by atoms with Crippen molar-refractivity contribution in [3.8, 4) is 0 Å². The third-order valence-electron chi connectivity index (χ3n) is 2.65. The Labute approximate surface area is 122 Å². The van der Waals surface area contributed by atoms with Crippen LogP contribution in [0, 0.1) is 0 Å². The highest BCUT2D eigenvalue weighted by atomic mass is 16.6.